The molecule has 0 saturated carbocycles. The quantitative estimate of drug-likeness (QED) is 0.470. The largest absolute Gasteiger partial charge is 0.397 e. The molecule has 3 aromatic heterocycles. The van der Waals surface area contributed by atoms with Gasteiger partial charge in [0.1, 0.15) is 9.71 Å². The molecule has 0 aliphatic heterocycles. The number of nitrogens with zero attached hydrogens (tertiary/aromatic N) is 1. The minimum absolute atomic E-state index is 0.165. The first-order chi connectivity index (χ1) is 13.1. The van der Waals surface area contributed by atoms with E-state index >= 15 is 0 Å². The highest BCUT2D eigenvalue weighted by Gasteiger charge is 2.17. The van der Waals surface area contributed by atoms with Gasteiger partial charge in [-0.15, -0.1) is 22.7 Å². The van der Waals surface area contributed by atoms with Gasteiger partial charge < -0.3 is 11.1 Å². The second-order valence-corrected chi connectivity index (χ2v) is 8.39. The van der Waals surface area contributed by atoms with Crippen molar-refractivity contribution in [2.24, 2.45) is 0 Å². The summed E-state index contributed by atoms with van der Waals surface area (Å²) in [6, 6.07) is 15.5. The van der Waals surface area contributed by atoms with Crippen molar-refractivity contribution in [2.75, 3.05) is 12.3 Å². The fraction of sp³-hybridized carbons (Fsp3) is 0.100. The molecule has 4 nitrogen and oxygen atoms in total. The Morgan fingerprint density at radius 3 is 2.70 bits per heavy atom. The van der Waals surface area contributed by atoms with E-state index in [1.807, 2.05) is 53.9 Å². The van der Waals surface area contributed by atoms with Gasteiger partial charge in [-0.2, -0.15) is 0 Å². The second-order valence-electron chi connectivity index (χ2n) is 6.00. The molecule has 27 heavy (non-hydrogen) atoms. The highest BCUT2D eigenvalue weighted by Crippen LogP contribution is 2.34. The molecule has 0 bridgehead atoms. The molecule has 1 amide bonds. The Morgan fingerprint density at radius 2 is 1.96 bits per heavy atom. The molecule has 0 aliphatic carbocycles. The molecular formula is C20H16ClN3OS2. The minimum atomic E-state index is -0.165. The van der Waals surface area contributed by atoms with E-state index in [0.717, 1.165) is 32.8 Å². The summed E-state index contributed by atoms with van der Waals surface area (Å²) >= 11 is 8.85. The fourth-order valence-electron chi connectivity index (χ4n) is 2.78. The molecule has 136 valence electrons. The van der Waals surface area contributed by atoms with Crippen LogP contribution in [0.2, 0.25) is 5.02 Å². The molecule has 0 saturated heterocycles. The summed E-state index contributed by atoms with van der Waals surface area (Å²) in [5.74, 6) is -0.165. The molecule has 0 spiro atoms. The minimum Gasteiger partial charge on any atom is -0.397 e. The number of nitrogen functional groups attached to an aromatic ring is 1. The number of fused-ring (bicyclic) bond motifs is 1. The van der Waals surface area contributed by atoms with Crippen LogP contribution in [0.25, 0.3) is 20.8 Å². The lowest BCUT2D eigenvalue weighted by Crippen LogP contribution is -2.25. The predicted molar refractivity (Wildman–Crippen MR) is 115 cm³/mol. The summed E-state index contributed by atoms with van der Waals surface area (Å²) in [6.07, 6.45) is 0.731. The third-order valence-electron chi connectivity index (χ3n) is 4.19. The van der Waals surface area contributed by atoms with Crippen LogP contribution in [0, 0.1) is 0 Å². The van der Waals surface area contributed by atoms with Crippen LogP contribution < -0.4 is 11.1 Å². The van der Waals surface area contributed by atoms with Crippen LogP contribution in [-0.4, -0.2) is 17.4 Å². The zero-order chi connectivity index (χ0) is 18.8. The molecular weight excluding hydrogens is 398 g/mol. The summed E-state index contributed by atoms with van der Waals surface area (Å²) in [5, 5.41) is 6.48. The van der Waals surface area contributed by atoms with Crippen molar-refractivity contribution < 1.29 is 4.79 Å². The lowest BCUT2D eigenvalue weighted by Gasteiger charge is -2.05. The number of rotatable bonds is 5. The number of thiophene rings is 2. The first-order valence-electron chi connectivity index (χ1n) is 8.37. The lowest BCUT2D eigenvalue weighted by molar-refractivity contribution is 0.0959. The van der Waals surface area contributed by atoms with Gasteiger partial charge in [-0.1, -0.05) is 29.8 Å². The molecule has 3 N–H and O–H groups in total. The highest BCUT2D eigenvalue weighted by molar-refractivity contribution is 7.21. The first-order valence-corrected chi connectivity index (χ1v) is 10.4. The van der Waals surface area contributed by atoms with Gasteiger partial charge in [-0.3, -0.25) is 4.79 Å². The average molecular weight is 414 g/mol. The van der Waals surface area contributed by atoms with Gasteiger partial charge in [-0.05, 0) is 47.7 Å². The monoisotopic (exact) mass is 413 g/mol. The Morgan fingerprint density at radius 1 is 1.15 bits per heavy atom. The Balaban J connectivity index is 1.49. The molecule has 0 aliphatic rings. The number of anilines is 1. The maximum absolute atomic E-state index is 12.6. The maximum Gasteiger partial charge on any atom is 0.263 e. The smallest absolute Gasteiger partial charge is 0.263 e. The molecule has 0 atom stereocenters. The normalized spacial score (nSPS) is 11.0. The Labute approximate surface area is 169 Å². The second kappa shape index (κ2) is 7.68. The Bertz CT molecular complexity index is 1090. The number of hydrogen-bond acceptors (Lipinski definition) is 5. The van der Waals surface area contributed by atoms with E-state index in [1.165, 1.54) is 11.3 Å². The summed E-state index contributed by atoms with van der Waals surface area (Å²) in [7, 11) is 0. The van der Waals surface area contributed by atoms with Crippen LogP contribution in [0.1, 0.15) is 15.2 Å². The molecule has 7 heteroatoms. The third kappa shape index (κ3) is 3.83. The van der Waals surface area contributed by atoms with Crippen molar-refractivity contribution >= 4 is 56.1 Å². The number of carbonyl (C=O) groups is 1. The van der Waals surface area contributed by atoms with Crippen LogP contribution in [0.5, 0.6) is 0 Å². The Kier molecular flexibility index (Phi) is 5.11. The van der Waals surface area contributed by atoms with Crippen molar-refractivity contribution in [2.45, 2.75) is 6.42 Å². The first kappa shape index (κ1) is 18.0. The number of halogens is 1. The van der Waals surface area contributed by atoms with Gasteiger partial charge in [0.15, 0.2) is 0 Å². The van der Waals surface area contributed by atoms with Gasteiger partial charge in [0.2, 0.25) is 0 Å². The van der Waals surface area contributed by atoms with Gasteiger partial charge in [0.05, 0.1) is 16.3 Å². The van der Waals surface area contributed by atoms with Gasteiger partial charge in [0.25, 0.3) is 5.91 Å². The van der Waals surface area contributed by atoms with E-state index in [-0.39, 0.29) is 5.91 Å². The number of aromatic nitrogens is 1. The summed E-state index contributed by atoms with van der Waals surface area (Å²) < 4.78 is 0. The lowest BCUT2D eigenvalue weighted by atomic mass is 10.1. The summed E-state index contributed by atoms with van der Waals surface area (Å²) in [4.78, 5) is 19.6. The number of nitrogens with two attached hydrogens (primary N) is 1. The third-order valence-corrected chi connectivity index (χ3v) is 6.44. The molecule has 4 aromatic rings. The molecule has 0 unspecified atom stereocenters. The van der Waals surface area contributed by atoms with Crippen molar-refractivity contribution in [1.82, 2.24) is 10.3 Å². The highest BCUT2D eigenvalue weighted by atomic mass is 35.5. The van der Waals surface area contributed by atoms with Crippen LogP contribution in [-0.2, 0) is 6.42 Å². The number of amides is 1. The molecule has 0 radical (unpaired) electrons. The van der Waals surface area contributed by atoms with Crippen LogP contribution in [0.15, 0.2) is 53.9 Å². The van der Waals surface area contributed by atoms with Crippen molar-refractivity contribution in [3.8, 4) is 10.6 Å². The van der Waals surface area contributed by atoms with E-state index in [0.29, 0.717) is 22.1 Å². The van der Waals surface area contributed by atoms with E-state index in [2.05, 4.69) is 10.3 Å². The molecule has 0 fully saturated rings. The van der Waals surface area contributed by atoms with E-state index < -0.39 is 0 Å². The topological polar surface area (TPSA) is 68.0 Å². The van der Waals surface area contributed by atoms with E-state index in [4.69, 9.17) is 17.3 Å². The zero-order valence-corrected chi connectivity index (χ0v) is 16.6. The van der Waals surface area contributed by atoms with E-state index in [9.17, 15) is 4.79 Å². The Hall–Kier alpha value is -2.41. The predicted octanol–water partition coefficient (Wildman–Crippen LogP) is 5.23. The van der Waals surface area contributed by atoms with Crippen LogP contribution in [0.3, 0.4) is 0 Å². The zero-order valence-electron chi connectivity index (χ0n) is 14.2. The number of pyridine rings is 1. The molecule has 3 heterocycles. The average Bonchev–Trinajstić information content (AvgIpc) is 3.31. The SMILES string of the molecule is Nc1c(C(=O)NCCc2ccc(Cl)cc2)sc2nc(-c3cccs3)ccc12. The maximum atomic E-state index is 12.6. The standard InChI is InChI=1S/C20H16ClN3OS2/c21-13-5-3-12(4-6-13)9-10-23-19(25)18-17(22)14-7-8-15(24-20(14)27-18)16-2-1-11-26-16/h1-8,11H,9-10,22H2,(H,23,25). The van der Waals surface area contributed by atoms with Crippen LogP contribution in [0.4, 0.5) is 5.69 Å². The van der Waals surface area contributed by atoms with Crippen molar-refractivity contribution in [3.63, 3.8) is 0 Å². The van der Waals surface area contributed by atoms with Crippen molar-refractivity contribution in [3.05, 3.63) is 69.4 Å². The summed E-state index contributed by atoms with van der Waals surface area (Å²) in [5.41, 5.74) is 8.71. The number of carbonyl (C=O) groups excluding carboxylic acids is 1. The van der Waals surface area contributed by atoms with Crippen LogP contribution >= 0.6 is 34.3 Å². The molecule has 1 aromatic carbocycles. The number of benzene rings is 1. The molecule has 4 rings (SSSR count). The van der Waals surface area contributed by atoms with Gasteiger partial charge >= 0.3 is 0 Å². The number of hydrogen-bond donors (Lipinski definition) is 2. The summed E-state index contributed by atoms with van der Waals surface area (Å²) in [6.45, 7) is 0.530. The van der Waals surface area contributed by atoms with E-state index in [1.54, 1.807) is 11.3 Å². The van der Waals surface area contributed by atoms with Gasteiger partial charge in [-0.25, -0.2) is 4.98 Å². The number of nitrogens with one attached hydrogen (secondary N) is 1. The van der Waals surface area contributed by atoms with Gasteiger partial charge in [0, 0.05) is 17.0 Å². The van der Waals surface area contributed by atoms with Crippen molar-refractivity contribution in [1.29, 1.82) is 0 Å². The fourth-order valence-corrected chi connectivity index (χ4v) is 4.61.